The quantitative estimate of drug-likeness (QED) is 0.260. The second-order valence-electron chi connectivity index (χ2n) is 8.16. The molecule has 2 N–H and O–H groups in total. The molecule has 0 radical (unpaired) electrons. The van der Waals surface area contributed by atoms with Crippen molar-refractivity contribution in [2.45, 2.75) is 20.3 Å². The minimum Gasteiger partial charge on any atom is -0.352 e. The normalized spacial score (nSPS) is 12.6. The van der Waals surface area contributed by atoms with Crippen LogP contribution in [-0.4, -0.2) is 20.2 Å². The molecular weight excluding hydrogens is 423 g/mol. The molecule has 0 saturated heterocycles. The van der Waals surface area contributed by atoms with Crippen molar-refractivity contribution in [3.8, 4) is 22.5 Å². The Kier molecular flexibility index (Phi) is 5.68. The Morgan fingerprint density at radius 3 is 2.65 bits per heavy atom. The van der Waals surface area contributed by atoms with E-state index in [0.29, 0.717) is 5.56 Å². The number of halogens is 1. The third-order valence-electron chi connectivity index (χ3n) is 6.18. The molecule has 0 aliphatic carbocycles. The molecule has 168 valence electrons. The predicted octanol–water partition coefficient (Wildman–Crippen LogP) is 7.84. The topological polar surface area (TPSA) is 57.4 Å². The molecule has 0 aliphatic heterocycles. The molecule has 0 aliphatic rings. The summed E-state index contributed by atoms with van der Waals surface area (Å²) in [5, 5.41) is 9.64. The van der Waals surface area contributed by atoms with Crippen LogP contribution in [0.2, 0.25) is 0 Å². The molecule has 4 nitrogen and oxygen atoms in total. The number of rotatable bonds is 6. The highest BCUT2D eigenvalue weighted by Crippen LogP contribution is 2.35. The number of benzene rings is 2. The van der Waals surface area contributed by atoms with Crippen LogP contribution in [0.5, 0.6) is 0 Å². The largest absolute Gasteiger partial charge is 0.352 e. The number of nitrogens with zero attached hydrogens (tertiary/aromatic N) is 2. The summed E-state index contributed by atoms with van der Waals surface area (Å²) in [6.07, 6.45) is 10.6. The number of allylic oxidation sites excluding steroid dienone is 5. The number of hydrogen-bond donors (Lipinski definition) is 2. The summed E-state index contributed by atoms with van der Waals surface area (Å²) in [4.78, 5) is 7.76. The lowest BCUT2D eigenvalue weighted by Crippen LogP contribution is -1.85. The Hall–Kier alpha value is -4.25. The number of aromatic nitrogens is 4. The fourth-order valence-electron chi connectivity index (χ4n) is 4.31. The van der Waals surface area contributed by atoms with Gasteiger partial charge in [-0.25, -0.2) is 4.39 Å². The van der Waals surface area contributed by atoms with Gasteiger partial charge in [-0.3, -0.25) is 10.1 Å². The average Bonchev–Trinajstić information content (AvgIpc) is 3.49. The lowest BCUT2D eigenvalue weighted by molar-refractivity contribution is 0.631. The highest BCUT2D eigenvalue weighted by Gasteiger charge is 2.16. The van der Waals surface area contributed by atoms with Crippen LogP contribution in [0.3, 0.4) is 0 Å². The van der Waals surface area contributed by atoms with Crippen LogP contribution < -0.4 is 0 Å². The van der Waals surface area contributed by atoms with Crippen LogP contribution in [0.4, 0.5) is 4.39 Å². The van der Waals surface area contributed by atoms with Gasteiger partial charge < -0.3 is 4.98 Å². The van der Waals surface area contributed by atoms with E-state index in [1.807, 2.05) is 31.2 Å². The highest BCUT2D eigenvalue weighted by molar-refractivity contribution is 6.01. The van der Waals surface area contributed by atoms with Crippen LogP contribution in [0.25, 0.3) is 49.9 Å². The molecular formula is C29H25FN4. The molecule has 0 bridgehead atoms. The van der Waals surface area contributed by atoms with Gasteiger partial charge in [0.2, 0.25) is 0 Å². The van der Waals surface area contributed by atoms with Crippen molar-refractivity contribution in [1.29, 1.82) is 0 Å². The Bertz CT molecular complexity index is 1580. The van der Waals surface area contributed by atoms with Gasteiger partial charge in [-0.1, -0.05) is 56.0 Å². The molecule has 0 atom stereocenters. The Morgan fingerprint density at radius 1 is 1.03 bits per heavy atom. The molecule has 5 heteroatoms. The zero-order valence-electron chi connectivity index (χ0n) is 19.2. The van der Waals surface area contributed by atoms with E-state index >= 15 is 0 Å². The van der Waals surface area contributed by atoms with Gasteiger partial charge in [0.15, 0.2) is 0 Å². The zero-order valence-corrected chi connectivity index (χ0v) is 19.2. The van der Waals surface area contributed by atoms with Gasteiger partial charge in [0.25, 0.3) is 0 Å². The maximum absolute atomic E-state index is 14.5. The summed E-state index contributed by atoms with van der Waals surface area (Å²) in [5.74, 6) is -0.271. The van der Waals surface area contributed by atoms with Crippen molar-refractivity contribution >= 4 is 27.4 Å². The maximum atomic E-state index is 14.5. The summed E-state index contributed by atoms with van der Waals surface area (Å²) in [6.45, 7) is 8.08. The van der Waals surface area contributed by atoms with Gasteiger partial charge in [0.05, 0.1) is 22.9 Å². The minimum atomic E-state index is -0.271. The molecule has 0 spiro atoms. The van der Waals surface area contributed by atoms with Crippen molar-refractivity contribution in [2.24, 2.45) is 0 Å². The van der Waals surface area contributed by atoms with Gasteiger partial charge in [-0.2, -0.15) is 5.10 Å². The van der Waals surface area contributed by atoms with Gasteiger partial charge in [0, 0.05) is 28.1 Å². The van der Waals surface area contributed by atoms with E-state index in [-0.39, 0.29) is 5.82 Å². The molecule has 5 aromatic rings. The standard InChI is InChI=1S/C29H25FN4/c1-4-18(5-2)13-19(6-3)20-11-12-26-23(14-20)29(34-33-26)27-15-22-24(16-31-17-28(22)32-27)21-9-7-8-10-25(21)30/h4,6-17,32H,1,5H2,2-3H3,(H,33,34)/b18-13+,19-6+. The van der Waals surface area contributed by atoms with Crippen LogP contribution in [0, 0.1) is 5.82 Å². The molecule has 34 heavy (non-hydrogen) atoms. The molecule has 0 unspecified atom stereocenters. The Labute approximate surface area is 197 Å². The predicted molar refractivity (Wildman–Crippen MR) is 139 cm³/mol. The second kappa shape index (κ2) is 8.94. The highest BCUT2D eigenvalue weighted by atomic mass is 19.1. The van der Waals surface area contributed by atoms with Gasteiger partial charge in [0.1, 0.15) is 11.5 Å². The van der Waals surface area contributed by atoms with Gasteiger partial charge in [-0.05, 0) is 54.3 Å². The molecule has 5 rings (SSSR count). The number of H-pyrrole nitrogens is 2. The first kappa shape index (κ1) is 21.6. The van der Waals surface area contributed by atoms with E-state index < -0.39 is 0 Å². The van der Waals surface area contributed by atoms with E-state index in [9.17, 15) is 4.39 Å². The first-order valence-corrected chi connectivity index (χ1v) is 11.3. The first-order chi connectivity index (χ1) is 16.6. The number of hydrogen-bond acceptors (Lipinski definition) is 2. The Morgan fingerprint density at radius 2 is 1.88 bits per heavy atom. The first-order valence-electron chi connectivity index (χ1n) is 11.3. The minimum absolute atomic E-state index is 0.271. The zero-order chi connectivity index (χ0) is 23.7. The molecule has 0 amide bonds. The second-order valence-corrected chi connectivity index (χ2v) is 8.16. The third kappa shape index (κ3) is 3.75. The summed E-state index contributed by atoms with van der Waals surface area (Å²) in [5.41, 5.74) is 8.14. The van der Waals surface area contributed by atoms with Crippen molar-refractivity contribution < 1.29 is 4.39 Å². The lowest BCUT2D eigenvalue weighted by Gasteiger charge is -2.05. The third-order valence-corrected chi connectivity index (χ3v) is 6.18. The van der Waals surface area contributed by atoms with Crippen molar-refractivity contribution in [3.63, 3.8) is 0 Å². The molecule has 3 heterocycles. The molecule has 3 aromatic heterocycles. The Balaban J connectivity index is 1.64. The van der Waals surface area contributed by atoms with E-state index in [1.54, 1.807) is 24.5 Å². The monoisotopic (exact) mass is 448 g/mol. The van der Waals surface area contributed by atoms with E-state index in [1.165, 1.54) is 11.6 Å². The number of aromatic amines is 2. The van der Waals surface area contributed by atoms with E-state index in [4.69, 9.17) is 0 Å². The van der Waals surface area contributed by atoms with Crippen LogP contribution >= 0.6 is 0 Å². The van der Waals surface area contributed by atoms with Crippen LogP contribution in [0.1, 0.15) is 25.8 Å². The van der Waals surface area contributed by atoms with Crippen molar-refractivity contribution in [3.05, 3.63) is 103 Å². The molecule has 2 aromatic carbocycles. The fraction of sp³-hybridized carbons (Fsp3) is 0.103. The summed E-state index contributed by atoms with van der Waals surface area (Å²) >= 11 is 0. The molecule has 0 saturated carbocycles. The van der Waals surface area contributed by atoms with Crippen LogP contribution in [0.15, 0.2) is 91.3 Å². The molecule has 0 fully saturated rings. The van der Waals surface area contributed by atoms with Gasteiger partial charge in [-0.15, -0.1) is 0 Å². The number of nitrogens with one attached hydrogen (secondary N) is 2. The number of pyridine rings is 1. The van der Waals surface area contributed by atoms with E-state index in [0.717, 1.165) is 56.3 Å². The van der Waals surface area contributed by atoms with Crippen molar-refractivity contribution in [1.82, 2.24) is 20.2 Å². The lowest BCUT2D eigenvalue weighted by atomic mass is 9.99. The average molecular weight is 449 g/mol. The van der Waals surface area contributed by atoms with Gasteiger partial charge >= 0.3 is 0 Å². The summed E-state index contributed by atoms with van der Waals surface area (Å²) < 4.78 is 14.5. The number of fused-ring (bicyclic) bond motifs is 2. The SMILES string of the molecule is C=C/C(=C\C(=C/C)c1ccc2[nH]nc(-c3cc4c(-c5ccccc5F)cncc4[nH]3)c2c1)CC. The van der Waals surface area contributed by atoms with E-state index in [2.05, 4.69) is 58.0 Å². The fourth-order valence-corrected chi connectivity index (χ4v) is 4.31. The summed E-state index contributed by atoms with van der Waals surface area (Å²) in [6, 6.07) is 15.1. The van der Waals surface area contributed by atoms with Crippen molar-refractivity contribution in [2.75, 3.05) is 0 Å². The summed E-state index contributed by atoms with van der Waals surface area (Å²) in [7, 11) is 0. The smallest absolute Gasteiger partial charge is 0.131 e. The maximum Gasteiger partial charge on any atom is 0.131 e. The van der Waals surface area contributed by atoms with Crippen LogP contribution in [-0.2, 0) is 0 Å².